The Labute approximate surface area is 198 Å². The smallest absolute Gasteiger partial charge is 0.255 e. The largest absolute Gasteiger partial charge is 0.384 e. The lowest BCUT2D eigenvalue weighted by molar-refractivity contribution is -0.111. The van der Waals surface area contributed by atoms with Gasteiger partial charge in [-0.1, -0.05) is 12.1 Å². The lowest BCUT2D eigenvalue weighted by atomic mass is 10.1. The molecule has 0 bridgehead atoms. The molecular formula is C26H26N6O2. The third kappa shape index (κ3) is 6.39. The Morgan fingerprint density at radius 3 is 1.59 bits per heavy atom. The van der Waals surface area contributed by atoms with Crippen molar-refractivity contribution in [1.29, 1.82) is 0 Å². The van der Waals surface area contributed by atoms with Crippen LogP contribution in [0.2, 0.25) is 0 Å². The van der Waals surface area contributed by atoms with E-state index in [1.165, 1.54) is 6.08 Å². The first-order valence-electron chi connectivity index (χ1n) is 10.5. The first-order valence-corrected chi connectivity index (χ1v) is 10.5. The molecular weight excluding hydrogens is 428 g/mol. The van der Waals surface area contributed by atoms with Crippen molar-refractivity contribution >= 4 is 40.9 Å². The highest BCUT2D eigenvalue weighted by molar-refractivity contribution is 6.05. The van der Waals surface area contributed by atoms with Crippen LogP contribution in [0.3, 0.4) is 0 Å². The first kappa shape index (κ1) is 23.9. The average molecular weight is 455 g/mol. The van der Waals surface area contributed by atoms with Crippen LogP contribution in [0.1, 0.15) is 27.0 Å². The zero-order valence-electron chi connectivity index (χ0n) is 18.9. The van der Waals surface area contributed by atoms with E-state index < -0.39 is 0 Å². The number of aliphatic imine (C=N–C) groups is 2. The van der Waals surface area contributed by atoms with E-state index in [0.29, 0.717) is 28.6 Å². The monoisotopic (exact) mass is 454 g/mol. The summed E-state index contributed by atoms with van der Waals surface area (Å²) in [7, 11) is 3.24. The Bertz CT molecular complexity index is 1240. The number of hydrogen-bond donors (Lipinski definition) is 4. The second kappa shape index (κ2) is 11.2. The number of nitrogens with zero attached hydrogens (tertiary/aromatic N) is 2. The number of carbonyl (C=O) groups is 2. The fourth-order valence-corrected chi connectivity index (χ4v) is 3.01. The van der Waals surface area contributed by atoms with Crippen LogP contribution in [0.4, 0.5) is 11.4 Å². The molecule has 0 spiro atoms. The molecule has 8 heteroatoms. The predicted octanol–water partition coefficient (Wildman–Crippen LogP) is 3.26. The lowest BCUT2D eigenvalue weighted by Crippen LogP contribution is -2.14. The number of amides is 2. The van der Waals surface area contributed by atoms with Crippen LogP contribution in [-0.2, 0) is 4.79 Å². The molecule has 0 aliphatic heterocycles. The van der Waals surface area contributed by atoms with Crippen molar-refractivity contribution in [2.75, 3.05) is 24.7 Å². The number of rotatable bonds is 7. The summed E-state index contributed by atoms with van der Waals surface area (Å²) in [5, 5.41) is 5.62. The maximum Gasteiger partial charge on any atom is 0.255 e. The summed E-state index contributed by atoms with van der Waals surface area (Å²) in [4.78, 5) is 32.6. The second-order valence-electron chi connectivity index (χ2n) is 7.27. The third-order valence-corrected chi connectivity index (χ3v) is 4.97. The molecule has 2 amide bonds. The van der Waals surface area contributed by atoms with Gasteiger partial charge in [-0.05, 0) is 72.3 Å². The van der Waals surface area contributed by atoms with Gasteiger partial charge in [0.2, 0.25) is 5.91 Å². The maximum absolute atomic E-state index is 12.5. The van der Waals surface area contributed by atoms with Gasteiger partial charge in [0.05, 0.1) is 0 Å². The molecule has 0 heterocycles. The molecule has 6 N–H and O–H groups in total. The van der Waals surface area contributed by atoms with Crippen molar-refractivity contribution in [1.82, 2.24) is 0 Å². The molecule has 0 atom stereocenters. The first-order chi connectivity index (χ1) is 16.4. The average Bonchev–Trinajstić information content (AvgIpc) is 2.87. The zero-order chi connectivity index (χ0) is 24.5. The van der Waals surface area contributed by atoms with Crippen LogP contribution in [0.25, 0.3) is 6.08 Å². The number of nitrogens with one attached hydrogen (secondary N) is 2. The van der Waals surface area contributed by atoms with Crippen LogP contribution in [-0.4, -0.2) is 37.6 Å². The van der Waals surface area contributed by atoms with Gasteiger partial charge in [0.25, 0.3) is 5.91 Å². The SMILES string of the molecule is CN=C(N)c1ccc(NC(=O)/C=C\c2ccc(C(=O)Nc3ccc(C(N)=NC)cc3)cc2)cc1. The van der Waals surface area contributed by atoms with Gasteiger partial charge in [0, 0.05) is 48.2 Å². The Morgan fingerprint density at radius 2 is 1.12 bits per heavy atom. The summed E-state index contributed by atoms with van der Waals surface area (Å²) < 4.78 is 0. The Hall–Kier alpha value is -4.72. The third-order valence-electron chi connectivity index (χ3n) is 4.97. The molecule has 0 unspecified atom stereocenters. The van der Waals surface area contributed by atoms with Crippen LogP contribution in [0.5, 0.6) is 0 Å². The minimum absolute atomic E-state index is 0.240. The van der Waals surface area contributed by atoms with Crippen molar-refractivity contribution in [3.8, 4) is 0 Å². The molecule has 34 heavy (non-hydrogen) atoms. The normalized spacial score (nSPS) is 11.9. The highest BCUT2D eigenvalue weighted by Gasteiger charge is 2.07. The van der Waals surface area contributed by atoms with E-state index in [-0.39, 0.29) is 11.8 Å². The van der Waals surface area contributed by atoms with Gasteiger partial charge >= 0.3 is 0 Å². The number of anilines is 2. The highest BCUT2D eigenvalue weighted by Crippen LogP contribution is 2.13. The van der Waals surface area contributed by atoms with Crippen molar-refractivity contribution in [2.24, 2.45) is 21.5 Å². The van der Waals surface area contributed by atoms with Crippen LogP contribution in [0.15, 0.2) is 88.9 Å². The van der Waals surface area contributed by atoms with E-state index in [4.69, 9.17) is 11.5 Å². The van der Waals surface area contributed by atoms with Gasteiger partial charge in [-0.25, -0.2) is 0 Å². The summed E-state index contributed by atoms with van der Waals surface area (Å²) >= 11 is 0. The van der Waals surface area contributed by atoms with Gasteiger partial charge in [0.1, 0.15) is 11.7 Å². The number of carbonyl (C=O) groups excluding carboxylic acids is 2. The standard InChI is InChI=1S/C26H26N6O2/c1-29-24(27)18-8-12-21(13-9-18)31-23(33)16-5-17-3-6-20(7-4-17)26(34)32-22-14-10-19(11-15-22)25(28)30-2/h3-16H,1-2H3,(H2,27,29)(H2,28,30)(H,31,33)(H,32,34)/b16-5-. The quantitative estimate of drug-likeness (QED) is 0.247. The molecule has 0 aliphatic rings. The second-order valence-corrected chi connectivity index (χ2v) is 7.27. The number of nitrogens with two attached hydrogens (primary N) is 2. The summed E-state index contributed by atoms with van der Waals surface area (Å²) in [6.45, 7) is 0. The van der Waals surface area contributed by atoms with Crippen molar-refractivity contribution in [3.05, 3.63) is 101 Å². The van der Waals surface area contributed by atoms with Crippen LogP contribution < -0.4 is 22.1 Å². The number of amidine groups is 2. The molecule has 0 saturated heterocycles. The van der Waals surface area contributed by atoms with E-state index in [1.807, 2.05) is 0 Å². The maximum atomic E-state index is 12.5. The van der Waals surface area contributed by atoms with E-state index in [2.05, 4.69) is 20.6 Å². The minimum atomic E-state index is -0.274. The van der Waals surface area contributed by atoms with Crippen molar-refractivity contribution in [3.63, 3.8) is 0 Å². The summed E-state index contributed by atoms with van der Waals surface area (Å²) in [6.07, 6.45) is 3.10. The summed E-state index contributed by atoms with van der Waals surface area (Å²) in [5.74, 6) is 0.347. The van der Waals surface area contributed by atoms with Crippen molar-refractivity contribution < 1.29 is 9.59 Å². The topological polar surface area (TPSA) is 135 Å². The number of benzene rings is 3. The predicted molar refractivity (Wildman–Crippen MR) is 138 cm³/mol. The molecule has 0 aliphatic carbocycles. The molecule has 3 aromatic rings. The zero-order valence-corrected chi connectivity index (χ0v) is 18.9. The van der Waals surface area contributed by atoms with Gasteiger partial charge in [0.15, 0.2) is 0 Å². The van der Waals surface area contributed by atoms with Crippen molar-refractivity contribution in [2.45, 2.75) is 0 Å². The van der Waals surface area contributed by atoms with Gasteiger partial charge in [-0.15, -0.1) is 0 Å². The minimum Gasteiger partial charge on any atom is -0.384 e. The molecule has 3 rings (SSSR count). The fourth-order valence-electron chi connectivity index (χ4n) is 3.01. The molecule has 8 nitrogen and oxygen atoms in total. The van der Waals surface area contributed by atoms with Gasteiger partial charge in [-0.3, -0.25) is 19.6 Å². The van der Waals surface area contributed by atoms with E-state index >= 15 is 0 Å². The van der Waals surface area contributed by atoms with Gasteiger partial charge < -0.3 is 22.1 Å². The van der Waals surface area contributed by atoms with E-state index in [1.54, 1.807) is 93.0 Å². The highest BCUT2D eigenvalue weighted by atomic mass is 16.2. The molecule has 0 fully saturated rings. The molecule has 3 aromatic carbocycles. The number of hydrogen-bond acceptors (Lipinski definition) is 4. The Kier molecular flexibility index (Phi) is 7.91. The molecule has 0 saturated carbocycles. The van der Waals surface area contributed by atoms with E-state index in [0.717, 1.165) is 16.7 Å². The summed E-state index contributed by atoms with van der Waals surface area (Å²) in [6, 6.07) is 21.1. The van der Waals surface area contributed by atoms with Crippen LogP contribution in [0, 0.1) is 0 Å². The van der Waals surface area contributed by atoms with Gasteiger partial charge in [-0.2, -0.15) is 0 Å². The molecule has 0 aromatic heterocycles. The van der Waals surface area contributed by atoms with E-state index in [9.17, 15) is 9.59 Å². The molecule has 172 valence electrons. The molecule has 0 radical (unpaired) electrons. The van der Waals surface area contributed by atoms with Crippen LogP contribution >= 0.6 is 0 Å². The Balaban J connectivity index is 1.56. The fraction of sp³-hybridized carbons (Fsp3) is 0.0769. The summed E-state index contributed by atoms with van der Waals surface area (Å²) in [5.41, 5.74) is 15.7. The Morgan fingerprint density at radius 1 is 0.676 bits per heavy atom. The lowest BCUT2D eigenvalue weighted by Gasteiger charge is -2.07.